The van der Waals surface area contributed by atoms with Gasteiger partial charge in [-0.05, 0) is 37.3 Å². The van der Waals surface area contributed by atoms with Gasteiger partial charge in [0.1, 0.15) is 10.9 Å². The molecule has 132 valence electrons. The molecule has 2 fully saturated rings. The second kappa shape index (κ2) is 8.15. The summed E-state index contributed by atoms with van der Waals surface area (Å²) in [5.41, 5.74) is 0.955. The van der Waals surface area contributed by atoms with Crippen molar-refractivity contribution in [1.29, 1.82) is 0 Å². The molecule has 4 nitrogen and oxygen atoms in total. The molecule has 2 aliphatic heterocycles. The van der Waals surface area contributed by atoms with Crippen LogP contribution in [-0.4, -0.2) is 45.1 Å². The molecule has 6 heteroatoms. The van der Waals surface area contributed by atoms with E-state index in [9.17, 15) is 9.59 Å². The highest BCUT2D eigenvalue weighted by molar-refractivity contribution is 8.26. The lowest BCUT2D eigenvalue weighted by atomic mass is 10.00. The van der Waals surface area contributed by atoms with E-state index in [1.807, 2.05) is 41.3 Å². The summed E-state index contributed by atoms with van der Waals surface area (Å²) in [6.07, 6.45) is 6.05. The van der Waals surface area contributed by atoms with Crippen molar-refractivity contribution in [2.45, 2.75) is 38.6 Å². The molecule has 0 spiro atoms. The highest BCUT2D eigenvalue weighted by Crippen LogP contribution is 2.32. The lowest BCUT2D eigenvalue weighted by molar-refractivity contribution is -0.138. The maximum absolute atomic E-state index is 12.7. The second-order valence-electron chi connectivity index (χ2n) is 6.32. The van der Waals surface area contributed by atoms with Gasteiger partial charge in [0, 0.05) is 12.6 Å². The van der Waals surface area contributed by atoms with Crippen LogP contribution >= 0.6 is 24.0 Å². The molecule has 1 atom stereocenters. The molecule has 0 saturated carbocycles. The summed E-state index contributed by atoms with van der Waals surface area (Å²) in [6, 6.07) is 9.97. The predicted octanol–water partition coefficient (Wildman–Crippen LogP) is 3.68. The zero-order valence-electron chi connectivity index (χ0n) is 14.3. The third kappa shape index (κ3) is 4.12. The first kappa shape index (κ1) is 18.1. The molecule has 2 saturated heterocycles. The average molecular weight is 375 g/mol. The lowest BCUT2D eigenvalue weighted by Gasteiger charge is -2.36. The summed E-state index contributed by atoms with van der Waals surface area (Å²) in [6.45, 7) is 2.94. The van der Waals surface area contributed by atoms with Crippen LogP contribution in [0, 0.1) is 0 Å². The van der Waals surface area contributed by atoms with Crippen LogP contribution in [0.3, 0.4) is 0 Å². The average Bonchev–Trinajstić information content (AvgIpc) is 2.90. The molecule has 2 amide bonds. The van der Waals surface area contributed by atoms with Gasteiger partial charge in [-0.2, -0.15) is 0 Å². The highest BCUT2D eigenvalue weighted by atomic mass is 32.2. The Morgan fingerprint density at radius 1 is 1.32 bits per heavy atom. The lowest BCUT2D eigenvalue weighted by Crippen LogP contribution is -2.48. The summed E-state index contributed by atoms with van der Waals surface area (Å²) in [4.78, 5) is 29.3. The molecule has 0 aliphatic carbocycles. The van der Waals surface area contributed by atoms with Gasteiger partial charge in [0.15, 0.2) is 0 Å². The second-order valence-corrected chi connectivity index (χ2v) is 8.00. The quantitative estimate of drug-likeness (QED) is 0.595. The number of rotatable bonds is 4. The van der Waals surface area contributed by atoms with Crippen LogP contribution < -0.4 is 0 Å². The summed E-state index contributed by atoms with van der Waals surface area (Å²) in [7, 11) is 0. The van der Waals surface area contributed by atoms with Gasteiger partial charge in [0.2, 0.25) is 5.91 Å². The molecule has 0 bridgehead atoms. The Kier molecular flexibility index (Phi) is 5.91. The van der Waals surface area contributed by atoms with Crippen molar-refractivity contribution >= 4 is 46.2 Å². The fourth-order valence-electron chi connectivity index (χ4n) is 3.32. The van der Waals surface area contributed by atoms with Crippen LogP contribution in [0.5, 0.6) is 0 Å². The standard InChI is InChI=1S/C19H22N2O2S2/c1-2-15-10-6-7-11-20(15)17(22)13-21-18(23)16(25-19(21)24)12-14-8-4-3-5-9-14/h3-5,8-9,12,15H,2,6-7,10-11,13H2,1H3/b16-12-/t15-/m0/s1. The molecule has 2 heterocycles. The maximum atomic E-state index is 12.7. The van der Waals surface area contributed by atoms with Crippen molar-refractivity contribution in [2.75, 3.05) is 13.1 Å². The van der Waals surface area contributed by atoms with E-state index in [1.165, 1.54) is 23.1 Å². The van der Waals surface area contributed by atoms with Crippen LogP contribution in [0.25, 0.3) is 6.08 Å². The van der Waals surface area contributed by atoms with E-state index >= 15 is 0 Å². The first-order chi connectivity index (χ1) is 12.1. The fourth-order valence-corrected chi connectivity index (χ4v) is 4.57. The predicted molar refractivity (Wildman–Crippen MR) is 106 cm³/mol. The highest BCUT2D eigenvalue weighted by Gasteiger charge is 2.35. The molecule has 25 heavy (non-hydrogen) atoms. The minimum atomic E-state index is -0.169. The Bertz CT molecular complexity index is 703. The van der Waals surface area contributed by atoms with E-state index in [-0.39, 0.29) is 18.4 Å². The van der Waals surface area contributed by atoms with Crippen LogP contribution in [0.15, 0.2) is 35.2 Å². The van der Waals surface area contributed by atoms with Crippen molar-refractivity contribution in [3.63, 3.8) is 0 Å². The van der Waals surface area contributed by atoms with E-state index < -0.39 is 0 Å². The number of hydrogen-bond acceptors (Lipinski definition) is 4. The number of nitrogens with zero attached hydrogens (tertiary/aromatic N) is 2. The summed E-state index contributed by atoms with van der Waals surface area (Å²) < 4.78 is 0.464. The van der Waals surface area contributed by atoms with Crippen molar-refractivity contribution in [3.05, 3.63) is 40.8 Å². The number of likely N-dealkylation sites (tertiary alicyclic amines) is 1. The molecule has 1 aromatic rings. The van der Waals surface area contributed by atoms with Gasteiger partial charge < -0.3 is 4.90 Å². The van der Waals surface area contributed by atoms with Gasteiger partial charge in [0.25, 0.3) is 5.91 Å². The SMILES string of the molecule is CC[C@H]1CCCCN1C(=O)CN1C(=O)/C(=C/c2ccccc2)SC1=S. The minimum Gasteiger partial charge on any atom is -0.338 e. The van der Waals surface area contributed by atoms with Crippen LogP contribution in [0.1, 0.15) is 38.2 Å². The fraction of sp³-hybridized carbons (Fsp3) is 0.421. The van der Waals surface area contributed by atoms with Crippen molar-refractivity contribution < 1.29 is 9.59 Å². The van der Waals surface area contributed by atoms with E-state index in [4.69, 9.17) is 12.2 Å². The zero-order valence-corrected chi connectivity index (χ0v) is 15.9. The Hall–Kier alpha value is -1.66. The molecular weight excluding hydrogens is 352 g/mol. The van der Waals surface area contributed by atoms with Gasteiger partial charge in [-0.3, -0.25) is 14.5 Å². The molecule has 0 N–H and O–H groups in total. The maximum Gasteiger partial charge on any atom is 0.266 e. The number of piperidine rings is 1. The largest absolute Gasteiger partial charge is 0.338 e. The molecule has 0 aromatic heterocycles. The third-order valence-electron chi connectivity index (χ3n) is 4.68. The zero-order chi connectivity index (χ0) is 17.8. The summed E-state index contributed by atoms with van der Waals surface area (Å²) >= 11 is 6.61. The normalized spacial score (nSPS) is 22.8. The van der Waals surface area contributed by atoms with E-state index in [1.54, 1.807) is 0 Å². The van der Waals surface area contributed by atoms with Gasteiger partial charge >= 0.3 is 0 Å². The number of hydrogen-bond donors (Lipinski definition) is 0. The minimum absolute atomic E-state index is 0.00353. The molecule has 2 aliphatic rings. The van der Waals surface area contributed by atoms with Crippen molar-refractivity contribution in [2.24, 2.45) is 0 Å². The Morgan fingerprint density at radius 2 is 2.08 bits per heavy atom. The number of thioether (sulfide) groups is 1. The third-order valence-corrected chi connectivity index (χ3v) is 6.06. The molecule has 1 aromatic carbocycles. The molecule has 0 unspecified atom stereocenters. The number of benzene rings is 1. The first-order valence-corrected chi connectivity index (χ1v) is 9.92. The topological polar surface area (TPSA) is 40.6 Å². The van der Waals surface area contributed by atoms with E-state index in [0.717, 1.165) is 31.4 Å². The van der Waals surface area contributed by atoms with Gasteiger partial charge in [-0.1, -0.05) is 61.2 Å². The van der Waals surface area contributed by atoms with E-state index in [2.05, 4.69) is 6.92 Å². The van der Waals surface area contributed by atoms with Crippen molar-refractivity contribution in [1.82, 2.24) is 9.80 Å². The number of carbonyl (C=O) groups excluding carboxylic acids is 2. The van der Waals surface area contributed by atoms with Crippen LogP contribution in [0.2, 0.25) is 0 Å². The van der Waals surface area contributed by atoms with Gasteiger partial charge in [-0.25, -0.2) is 0 Å². The van der Waals surface area contributed by atoms with Crippen LogP contribution in [-0.2, 0) is 9.59 Å². The number of thiocarbonyl (C=S) groups is 1. The first-order valence-electron chi connectivity index (χ1n) is 8.70. The molecule has 3 rings (SSSR count). The molecular formula is C19H22N2O2S2. The summed E-state index contributed by atoms with van der Waals surface area (Å²) in [5, 5.41) is 0. The van der Waals surface area contributed by atoms with Gasteiger partial charge in [0.05, 0.1) is 4.91 Å². The number of amides is 2. The van der Waals surface area contributed by atoms with E-state index in [0.29, 0.717) is 15.3 Å². The van der Waals surface area contributed by atoms with Gasteiger partial charge in [-0.15, -0.1) is 0 Å². The number of carbonyl (C=O) groups is 2. The summed E-state index contributed by atoms with van der Waals surface area (Å²) in [5.74, 6) is -0.166. The monoisotopic (exact) mass is 374 g/mol. The molecule has 0 radical (unpaired) electrons. The van der Waals surface area contributed by atoms with Crippen LogP contribution in [0.4, 0.5) is 0 Å². The Labute approximate surface area is 158 Å². The Balaban J connectivity index is 1.70. The Morgan fingerprint density at radius 3 is 2.80 bits per heavy atom. The smallest absolute Gasteiger partial charge is 0.266 e. The van der Waals surface area contributed by atoms with Crippen molar-refractivity contribution in [3.8, 4) is 0 Å².